The molecule has 0 aromatic heterocycles. The van der Waals surface area contributed by atoms with Gasteiger partial charge in [-0.15, -0.1) is 0 Å². The molecule has 1 heterocycles. The number of carbonyl (C=O) groups excluding carboxylic acids is 1. The zero-order valence-electron chi connectivity index (χ0n) is 10.9. The van der Waals surface area contributed by atoms with Crippen LogP contribution in [-0.2, 0) is 0 Å². The topological polar surface area (TPSA) is 32.3 Å². The van der Waals surface area contributed by atoms with Crippen molar-refractivity contribution in [1.29, 1.82) is 0 Å². The molecule has 1 aromatic carbocycles. The molecule has 3 nitrogen and oxygen atoms in total. The van der Waals surface area contributed by atoms with Gasteiger partial charge in [0, 0.05) is 18.7 Å². The average molecular weight is 250 g/mol. The Balaban J connectivity index is 2.05. The molecule has 2 rings (SSSR count). The van der Waals surface area contributed by atoms with Gasteiger partial charge in [0.15, 0.2) is 0 Å². The number of nitrogens with zero attached hydrogens (tertiary/aromatic N) is 1. The molecule has 1 fully saturated rings. The van der Waals surface area contributed by atoms with Crippen molar-refractivity contribution >= 4 is 5.91 Å². The SMILES string of the molecule is CNC[C@H]1CCN(C(=O)c2ccc(F)c(C)c2)C1. The van der Waals surface area contributed by atoms with Crippen molar-refractivity contribution in [1.82, 2.24) is 10.2 Å². The molecule has 98 valence electrons. The summed E-state index contributed by atoms with van der Waals surface area (Å²) in [6.07, 6.45) is 1.03. The number of amides is 1. The van der Waals surface area contributed by atoms with Gasteiger partial charge in [0.25, 0.3) is 5.91 Å². The molecule has 1 aliphatic heterocycles. The predicted molar refractivity (Wildman–Crippen MR) is 69.1 cm³/mol. The minimum atomic E-state index is -0.263. The average Bonchev–Trinajstić information content (AvgIpc) is 2.81. The second-order valence-corrected chi connectivity index (χ2v) is 4.93. The fourth-order valence-corrected chi connectivity index (χ4v) is 2.43. The van der Waals surface area contributed by atoms with E-state index in [1.54, 1.807) is 19.1 Å². The Kier molecular flexibility index (Phi) is 3.97. The third-order valence-electron chi connectivity index (χ3n) is 3.47. The summed E-state index contributed by atoms with van der Waals surface area (Å²) in [5.74, 6) is 0.276. The first-order valence-electron chi connectivity index (χ1n) is 6.32. The van der Waals surface area contributed by atoms with Gasteiger partial charge in [0.1, 0.15) is 5.82 Å². The van der Waals surface area contributed by atoms with E-state index in [9.17, 15) is 9.18 Å². The highest BCUT2D eigenvalue weighted by Gasteiger charge is 2.26. The molecule has 1 N–H and O–H groups in total. The van der Waals surface area contributed by atoms with Crippen LogP contribution in [-0.4, -0.2) is 37.5 Å². The number of likely N-dealkylation sites (tertiary alicyclic amines) is 1. The van der Waals surface area contributed by atoms with Crippen LogP contribution in [0, 0.1) is 18.7 Å². The molecular weight excluding hydrogens is 231 g/mol. The van der Waals surface area contributed by atoms with Crippen LogP contribution in [0.3, 0.4) is 0 Å². The maximum absolute atomic E-state index is 13.2. The Labute approximate surface area is 107 Å². The molecule has 1 aliphatic rings. The lowest BCUT2D eigenvalue weighted by Crippen LogP contribution is -2.30. The number of hydrogen-bond donors (Lipinski definition) is 1. The molecule has 0 aliphatic carbocycles. The van der Waals surface area contributed by atoms with Gasteiger partial charge in [0.05, 0.1) is 0 Å². The first-order valence-corrected chi connectivity index (χ1v) is 6.32. The summed E-state index contributed by atoms with van der Waals surface area (Å²) in [6.45, 7) is 4.20. The number of hydrogen-bond acceptors (Lipinski definition) is 2. The minimum Gasteiger partial charge on any atom is -0.338 e. The van der Waals surface area contributed by atoms with Crippen LogP contribution in [0.4, 0.5) is 4.39 Å². The Bertz CT molecular complexity index is 447. The smallest absolute Gasteiger partial charge is 0.253 e. The van der Waals surface area contributed by atoms with Crippen molar-refractivity contribution in [3.8, 4) is 0 Å². The van der Waals surface area contributed by atoms with Gasteiger partial charge in [-0.05, 0) is 56.6 Å². The quantitative estimate of drug-likeness (QED) is 0.887. The second kappa shape index (κ2) is 5.48. The van der Waals surface area contributed by atoms with Gasteiger partial charge >= 0.3 is 0 Å². The Morgan fingerprint density at radius 3 is 3.00 bits per heavy atom. The first kappa shape index (κ1) is 13.0. The third-order valence-corrected chi connectivity index (χ3v) is 3.47. The van der Waals surface area contributed by atoms with Crippen molar-refractivity contribution in [2.45, 2.75) is 13.3 Å². The fourth-order valence-electron chi connectivity index (χ4n) is 2.43. The summed E-state index contributed by atoms with van der Waals surface area (Å²) in [6, 6.07) is 4.56. The zero-order chi connectivity index (χ0) is 13.1. The maximum Gasteiger partial charge on any atom is 0.253 e. The number of benzene rings is 1. The van der Waals surface area contributed by atoms with Crippen LogP contribution in [0.15, 0.2) is 18.2 Å². The molecule has 0 unspecified atom stereocenters. The largest absolute Gasteiger partial charge is 0.338 e. The van der Waals surface area contributed by atoms with E-state index in [1.165, 1.54) is 6.07 Å². The lowest BCUT2D eigenvalue weighted by atomic mass is 10.1. The van der Waals surface area contributed by atoms with Crippen LogP contribution in [0.5, 0.6) is 0 Å². The number of halogens is 1. The number of nitrogens with one attached hydrogen (secondary N) is 1. The molecule has 4 heteroatoms. The first-order chi connectivity index (χ1) is 8.61. The monoisotopic (exact) mass is 250 g/mol. The van der Waals surface area contributed by atoms with E-state index >= 15 is 0 Å². The maximum atomic E-state index is 13.2. The van der Waals surface area contributed by atoms with E-state index in [1.807, 2.05) is 11.9 Å². The van der Waals surface area contributed by atoms with Crippen molar-refractivity contribution in [2.24, 2.45) is 5.92 Å². The molecule has 1 saturated heterocycles. The zero-order valence-corrected chi connectivity index (χ0v) is 10.9. The van der Waals surface area contributed by atoms with Gasteiger partial charge in [-0.25, -0.2) is 4.39 Å². The van der Waals surface area contributed by atoms with Crippen molar-refractivity contribution in [3.63, 3.8) is 0 Å². The third kappa shape index (κ3) is 2.70. The lowest BCUT2D eigenvalue weighted by molar-refractivity contribution is 0.0787. The number of carbonyl (C=O) groups is 1. The summed E-state index contributed by atoms with van der Waals surface area (Å²) in [5.41, 5.74) is 1.10. The van der Waals surface area contributed by atoms with Gasteiger partial charge in [-0.3, -0.25) is 4.79 Å². The van der Waals surface area contributed by atoms with Crippen molar-refractivity contribution in [3.05, 3.63) is 35.1 Å². The summed E-state index contributed by atoms with van der Waals surface area (Å²) in [7, 11) is 1.92. The van der Waals surface area contributed by atoms with E-state index in [2.05, 4.69) is 5.32 Å². The summed E-state index contributed by atoms with van der Waals surface area (Å²) < 4.78 is 13.2. The van der Waals surface area contributed by atoms with E-state index < -0.39 is 0 Å². The molecule has 18 heavy (non-hydrogen) atoms. The predicted octanol–water partition coefficient (Wildman–Crippen LogP) is 1.82. The summed E-state index contributed by atoms with van der Waals surface area (Å²) in [5, 5.41) is 3.14. The van der Waals surface area contributed by atoms with Gasteiger partial charge < -0.3 is 10.2 Å². The van der Waals surface area contributed by atoms with E-state index in [0.29, 0.717) is 17.0 Å². The van der Waals surface area contributed by atoms with E-state index in [0.717, 1.165) is 26.1 Å². The lowest BCUT2D eigenvalue weighted by Gasteiger charge is -2.17. The van der Waals surface area contributed by atoms with E-state index in [-0.39, 0.29) is 11.7 Å². The van der Waals surface area contributed by atoms with Crippen molar-refractivity contribution < 1.29 is 9.18 Å². The highest BCUT2D eigenvalue weighted by atomic mass is 19.1. The number of aryl methyl sites for hydroxylation is 1. The van der Waals surface area contributed by atoms with Crippen LogP contribution >= 0.6 is 0 Å². The Morgan fingerprint density at radius 2 is 2.33 bits per heavy atom. The normalized spacial score (nSPS) is 19.3. The highest BCUT2D eigenvalue weighted by Crippen LogP contribution is 2.19. The minimum absolute atomic E-state index is 0.0108. The van der Waals surface area contributed by atoms with E-state index in [4.69, 9.17) is 0 Å². The molecular formula is C14H19FN2O. The van der Waals surface area contributed by atoms with Gasteiger partial charge in [-0.2, -0.15) is 0 Å². The molecule has 0 spiro atoms. The molecule has 1 atom stereocenters. The standard InChI is InChI=1S/C14H19FN2O/c1-10-7-12(3-4-13(10)15)14(18)17-6-5-11(9-17)8-16-2/h3-4,7,11,16H,5-6,8-9H2,1-2H3/t11-/m1/s1. The van der Waals surface area contributed by atoms with Gasteiger partial charge in [-0.1, -0.05) is 0 Å². The van der Waals surface area contributed by atoms with Crippen LogP contribution in [0.2, 0.25) is 0 Å². The van der Waals surface area contributed by atoms with Crippen molar-refractivity contribution in [2.75, 3.05) is 26.7 Å². The highest BCUT2D eigenvalue weighted by molar-refractivity contribution is 5.94. The van der Waals surface area contributed by atoms with Crippen LogP contribution in [0.25, 0.3) is 0 Å². The van der Waals surface area contributed by atoms with Gasteiger partial charge in [0.2, 0.25) is 0 Å². The molecule has 1 amide bonds. The molecule has 0 radical (unpaired) electrons. The molecule has 0 saturated carbocycles. The summed E-state index contributed by atoms with van der Waals surface area (Å²) >= 11 is 0. The van der Waals surface area contributed by atoms with Crippen LogP contribution < -0.4 is 5.32 Å². The fraction of sp³-hybridized carbons (Fsp3) is 0.500. The summed E-state index contributed by atoms with van der Waals surface area (Å²) in [4.78, 5) is 14.1. The molecule has 0 bridgehead atoms. The van der Waals surface area contributed by atoms with Crippen LogP contribution in [0.1, 0.15) is 22.3 Å². The molecule has 1 aromatic rings. The Morgan fingerprint density at radius 1 is 1.56 bits per heavy atom. The Hall–Kier alpha value is -1.42. The second-order valence-electron chi connectivity index (χ2n) is 4.93. The number of rotatable bonds is 3.